The maximum atomic E-state index is 12.8. The van der Waals surface area contributed by atoms with Crippen molar-refractivity contribution in [2.75, 3.05) is 18.5 Å². The molecule has 0 fully saturated rings. The van der Waals surface area contributed by atoms with Gasteiger partial charge in [0.05, 0.1) is 34.9 Å². The third kappa shape index (κ3) is 5.09. The molecule has 0 radical (unpaired) electrons. The van der Waals surface area contributed by atoms with Gasteiger partial charge in [0.25, 0.3) is 0 Å². The predicted octanol–water partition coefficient (Wildman–Crippen LogP) is 3.59. The smallest absolute Gasteiger partial charge is 0.242 e. The number of benzene rings is 2. The van der Waals surface area contributed by atoms with Gasteiger partial charge in [0.15, 0.2) is 11.5 Å². The van der Waals surface area contributed by atoms with E-state index in [9.17, 15) is 13.2 Å². The van der Waals surface area contributed by atoms with Crippen molar-refractivity contribution in [2.24, 2.45) is 0 Å². The number of aromatic nitrogens is 1. The highest BCUT2D eigenvalue weighted by Gasteiger charge is 2.24. The summed E-state index contributed by atoms with van der Waals surface area (Å²) in [7, 11) is -3.95. The van der Waals surface area contributed by atoms with Gasteiger partial charge in [-0.1, -0.05) is 12.1 Å². The van der Waals surface area contributed by atoms with Gasteiger partial charge >= 0.3 is 0 Å². The van der Waals surface area contributed by atoms with E-state index in [4.69, 9.17) is 9.47 Å². The number of fused-ring (bicyclic) bond motifs is 1. The lowest BCUT2D eigenvalue weighted by atomic mass is 10.1. The maximum Gasteiger partial charge on any atom is 0.242 e. The van der Waals surface area contributed by atoms with E-state index < -0.39 is 22.0 Å². The number of carbonyl (C=O) groups excluding carboxylic acids is 1. The van der Waals surface area contributed by atoms with Gasteiger partial charge in [-0.3, -0.25) is 4.79 Å². The summed E-state index contributed by atoms with van der Waals surface area (Å²) in [5.74, 6) is 0.397. The number of hydrogen-bond acceptors (Lipinski definition) is 7. The van der Waals surface area contributed by atoms with E-state index in [0.717, 1.165) is 22.7 Å². The Hall–Kier alpha value is -2.95. The van der Waals surface area contributed by atoms with Crippen molar-refractivity contribution in [3.63, 3.8) is 0 Å². The highest BCUT2D eigenvalue weighted by molar-refractivity contribution is 7.89. The van der Waals surface area contributed by atoms with Gasteiger partial charge < -0.3 is 14.8 Å². The molecule has 1 amide bonds. The zero-order valence-electron chi connectivity index (χ0n) is 17.6. The van der Waals surface area contributed by atoms with Crippen molar-refractivity contribution in [3.8, 4) is 22.8 Å². The lowest BCUT2D eigenvalue weighted by Crippen LogP contribution is -2.41. The molecule has 0 spiro atoms. The molecule has 168 valence electrons. The van der Waals surface area contributed by atoms with Crippen LogP contribution in [0.15, 0.2) is 52.7 Å². The third-order valence-electron chi connectivity index (χ3n) is 4.80. The highest BCUT2D eigenvalue weighted by atomic mass is 32.2. The molecule has 32 heavy (non-hydrogen) atoms. The fourth-order valence-electron chi connectivity index (χ4n) is 3.17. The minimum absolute atomic E-state index is 0.00213. The summed E-state index contributed by atoms with van der Waals surface area (Å²) < 4.78 is 39.2. The monoisotopic (exact) mass is 473 g/mol. The average molecular weight is 474 g/mol. The Labute approximate surface area is 190 Å². The number of anilines is 1. The number of hydrogen-bond donors (Lipinski definition) is 2. The molecule has 0 aliphatic carbocycles. The molecule has 1 aromatic heterocycles. The molecule has 0 saturated carbocycles. The number of amides is 1. The second-order valence-electron chi connectivity index (χ2n) is 7.32. The van der Waals surface area contributed by atoms with Crippen molar-refractivity contribution in [1.29, 1.82) is 0 Å². The maximum absolute atomic E-state index is 12.8. The SMILES string of the molecule is Cc1nc(-c2cccc(NC(=O)C(C)NS(=O)(=O)c3ccc4c(c3)OCCCO4)c2)cs1. The van der Waals surface area contributed by atoms with E-state index in [1.807, 2.05) is 24.4 Å². The van der Waals surface area contributed by atoms with E-state index in [-0.39, 0.29) is 4.90 Å². The summed E-state index contributed by atoms with van der Waals surface area (Å²) in [5, 5.41) is 5.65. The zero-order chi connectivity index (χ0) is 22.7. The van der Waals surface area contributed by atoms with Gasteiger partial charge in [-0.15, -0.1) is 11.3 Å². The van der Waals surface area contributed by atoms with Gasteiger partial charge in [0, 0.05) is 29.1 Å². The van der Waals surface area contributed by atoms with Crippen LogP contribution in [0.3, 0.4) is 0 Å². The largest absolute Gasteiger partial charge is 0.490 e. The van der Waals surface area contributed by atoms with Crippen LogP contribution in [0.25, 0.3) is 11.3 Å². The number of rotatable bonds is 6. The summed E-state index contributed by atoms with van der Waals surface area (Å²) in [6.07, 6.45) is 0.718. The van der Waals surface area contributed by atoms with Crippen LogP contribution in [0.5, 0.6) is 11.5 Å². The summed E-state index contributed by atoms with van der Waals surface area (Å²) in [4.78, 5) is 17.1. The summed E-state index contributed by atoms with van der Waals surface area (Å²) in [5.41, 5.74) is 2.25. The summed E-state index contributed by atoms with van der Waals surface area (Å²) in [6, 6.07) is 10.7. The Morgan fingerprint density at radius 2 is 1.91 bits per heavy atom. The number of ether oxygens (including phenoxy) is 2. The van der Waals surface area contributed by atoms with Gasteiger partial charge in [0.2, 0.25) is 15.9 Å². The zero-order valence-corrected chi connectivity index (χ0v) is 19.3. The molecule has 8 nitrogen and oxygen atoms in total. The molecule has 3 aromatic rings. The fraction of sp³-hybridized carbons (Fsp3) is 0.273. The number of thiazole rings is 1. The first-order valence-electron chi connectivity index (χ1n) is 10.1. The molecule has 0 bridgehead atoms. The van der Waals surface area contributed by atoms with Gasteiger partial charge in [0.1, 0.15) is 0 Å². The molecule has 2 N–H and O–H groups in total. The molecule has 10 heteroatoms. The normalized spacial score (nSPS) is 14.4. The topological polar surface area (TPSA) is 107 Å². The van der Waals surface area contributed by atoms with Crippen molar-refractivity contribution in [3.05, 3.63) is 52.9 Å². The van der Waals surface area contributed by atoms with Crippen LogP contribution >= 0.6 is 11.3 Å². The van der Waals surface area contributed by atoms with Crippen molar-refractivity contribution >= 4 is 33.0 Å². The molecule has 1 atom stereocenters. The van der Waals surface area contributed by atoms with Crippen LogP contribution < -0.4 is 19.5 Å². The molecule has 4 rings (SSSR count). The molecular formula is C22H23N3O5S2. The Balaban J connectivity index is 1.45. The molecule has 0 saturated heterocycles. The van der Waals surface area contributed by atoms with Gasteiger partial charge in [-0.25, -0.2) is 13.4 Å². The van der Waals surface area contributed by atoms with Crippen LogP contribution in [-0.4, -0.2) is 38.6 Å². The molecular weight excluding hydrogens is 450 g/mol. The Morgan fingerprint density at radius 1 is 1.12 bits per heavy atom. The highest BCUT2D eigenvalue weighted by Crippen LogP contribution is 2.32. The van der Waals surface area contributed by atoms with E-state index in [2.05, 4.69) is 15.0 Å². The third-order valence-corrected chi connectivity index (χ3v) is 7.11. The number of aryl methyl sites for hydroxylation is 1. The first kappa shape index (κ1) is 22.3. The average Bonchev–Trinajstić information content (AvgIpc) is 3.06. The minimum Gasteiger partial charge on any atom is -0.490 e. The first-order valence-corrected chi connectivity index (χ1v) is 12.4. The van der Waals surface area contributed by atoms with E-state index in [1.165, 1.54) is 19.1 Å². The summed E-state index contributed by atoms with van der Waals surface area (Å²) in [6.45, 7) is 4.38. The predicted molar refractivity (Wildman–Crippen MR) is 123 cm³/mol. The minimum atomic E-state index is -3.95. The van der Waals surface area contributed by atoms with E-state index >= 15 is 0 Å². The van der Waals surface area contributed by atoms with Crippen LogP contribution in [0.4, 0.5) is 5.69 Å². The second kappa shape index (κ2) is 9.27. The molecule has 1 unspecified atom stereocenters. The Morgan fingerprint density at radius 3 is 2.66 bits per heavy atom. The fourth-order valence-corrected chi connectivity index (χ4v) is 5.01. The number of nitrogens with one attached hydrogen (secondary N) is 2. The van der Waals surface area contributed by atoms with Gasteiger partial charge in [-0.05, 0) is 38.1 Å². The van der Waals surface area contributed by atoms with Crippen LogP contribution in [0.2, 0.25) is 0 Å². The number of carbonyl (C=O) groups is 1. The Kier molecular flexibility index (Phi) is 6.45. The standard InChI is InChI=1S/C22H23N3O5S2/c1-14(22(26)24-17-6-3-5-16(11-17)19-13-31-15(2)23-19)25-32(27,28)18-7-8-20-21(12-18)30-10-4-9-29-20/h3,5-8,11-14,25H,4,9-10H2,1-2H3,(H,24,26). The van der Waals surface area contributed by atoms with Crippen molar-refractivity contribution < 1.29 is 22.7 Å². The molecule has 2 heterocycles. The number of nitrogens with zero attached hydrogens (tertiary/aromatic N) is 1. The van der Waals surface area contributed by atoms with Crippen LogP contribution in [0.1, 0.15) is 18.4 Å². The Bertz CT molecular complexity index is 1240. The lowest BCUT2D eigenvalue weighted by Gasteiger charge is -2.16. The second-order valence-corrected chi connectivity index (χ2v) is 10.1. The molecule has 1 aliphatic rings. The quantitative estimate of drug-likeness (QED) is 0.567. The van der Waals surface area contributed by atoms with Crippen LogP contribution in [0, 0.1) is 6.92 Å². The van der Waals surface area contributed by atoms with E-state index in [1.54, 1.807) is 29.5 Å². The van der Waals surface area contributed by atoms with Crippen LogP contribution in [-0.2, 0) is 14.8 Å². The lowest BCUT2D eigenvalue weighted by molar-refractivity contribution is -0.117. The van der Waals surface area contributed by atoms with E-state index in [0.29, 0.717) is 30.4 Å². The number of sulfonamides is 1. The molecule has 1 aliphatic heterocycles. The first-order chi connectivity index (χ1) is 15.3. The van der Waals surface area contributed by atoms with Crippen molar-refractivity contribution in [1.82, 2.24) is 9.71 Å². The van der Waals surface area contributed by atoms with Gasteiger partial charge in [-0.2, -0.15) is 4.72 Å². The van der Waals surface area contributed by atoms with Crippen molar-refractivity contribution in [2.45, 2.75) is 31.2 Å². The summed E-state index contributed by atoms with van der Waals surface area (Å²) >= 11 is 1.55. The molecule has 2 aromatic carbocycles.